The maximum absolute atomic E-state index is 13.9. The Morgan fingerprint density at radius 1 is 1.04 bits per heavy atom. The number of quaternary nitrogens is 1. The van der Waals surface area contributed by atoms with Gasteiger partial charge in [-0.25, -0.2) is 4.79 Å². The number of carbonyl (C=O) groups is 3. The monoisotopic (exact) mass is 837 g/mol. The summed E-state index contributed by atoms with van der Waals surface area (Å²) in [7, 11) is 0. The maximum atomic E-state index is 13.9. The summed E-state index contributed by atoms with van der Waals surface area (Å²) in [6.07, 6.45) is 2.58. The van der Waals surface area contributed by atoms with E-state index in [1.54, 1.807) is 37.8 Å². The van der Waals surface area contributed by atoms with Crippen molar-refractivity contribution in [1.29, 1.82) is 0 Å². The van der Waals surface area contributed by atoms with E-state index < -0.39 is 36.4 Å². The van der Waals surface area contributed by atoms with Crippen LogP contribution in [0.15, 0.2) is 54.9 Å². The average Bonchev–Trinajstić information content (AvgIpc) is 3.96. The van der Waals surface area contributed by atoms with Gasteiger partial charge in [0.2, 0.25) is 12.6 Å². The SMILES string of the molecule is C[C@@H]1CN(C(=O)CCN)[C@@H](C)C[N@+]1(COc1cccc(C(=O)OC(Cc2c(Cl)c[n+]([O-])cc2Cl)c2ccc(OC(F)F)c(OCC3CC3)c2)c1)C(=O)OC(C)(C)C. The number of alkyl halides is 2. The summed E-state index contributed by atoms with van der Waals surface area (Å²) in [6.45, 7) is 6.73. The number of amides is 2. The molecule has 1 aliphatic heterocycles. The Hall–Kier alpha value is -4.44. The molecule has 310 valence electrons. The topological polar surface area (TPSA) is 154 Å². The first-order valence-electron chi connectivity index (χ1n) is 18.7. The van der Waals surface area contributed by atoms with Gasteiger partial charge in [0.15, 0.2) is 23.9 Å². The first kappa shape index (κ1) is 43.7. The van der Waals surface area contributed by atoms with Crippen LogP contribution in [-0.4, -0.2) is 84.6 Å². The number of hydrogen-bond acceptors (Lipinski definition) is 10. The molecule has 2 N–H and O–H groups in total. The Kier molecular flexibility index (Phi) is 14.1. The summed E-state index contributed by atoms with van der Waals surface area (Å²) in [6, 6.07) is 9.66. The summed E-state index contributed by atoms with van der Waals surface area (Å²) < 4.78 is 55.6. The fourth-order valence-electron chi connectivity index (χ4n) is 6.59. The van der Waals surface area contributed by atoms with Crippen molar-refractivity contribution in [2.24, 2.45) is 11.7 Å². The number of nitrogens with zero attached hydrogens (tertiary/aromatic N) is 3. The number of esters is 1. The van der Waals surface area contributed by atoms with Gasteiger partial charge in [-0.3, -0.25) is 4.79 Å². The first-order valence-corrected chi connectivity index (χ1v) is 19.5. The van der Waals surface area contributed by atoms with Crippen LogP contribution < -0.4 is 24.7 Å². The zero-order valence-corrected chi connectivity index (χ0v) is 34.1. The largest absolute Gasteiger partial charge is 0.619 e. The molecule has 0 bridgehead atoms. The summed E-state index contributed by atoms with van der Waals surface area (Å²) in [5, 5.41) is 12.0. The minimum Gasteiger partial charge on any atom is -0.619 e. The van der Waals surface area contributed by atoms with Crippen LogP contribution in [0.25, 0.3) is 0 Å². The van der Waals surface area contributed by atoms with Crippen molar-refractivity contribution in [2.45, 2.75) is 90.7 Å². The van der Waals surface area contributed by atoms with Crippen LogP contribution in [0.2, 0.25) is 10.0 Å². The summed E-state index contributed by atoms with van der Waals surface area (Å²) in [5.74, 6) is -0.498. The number of rotatable bonds is 15. The molecule has 2 amide bonds. The lowest BCUT2D eigenvalue weighted by molar-refractivity contribution is -0.903. The van der Waals surface area contributed by atoms with Gasteiger partial charge in [0.25, 0.3) is 0 Å². The van der Waals surface area contributed by atoms with Crippen molar-refractivity contribution in [3.05, 3.63) is 86.8 Å². The van der Waals surface area contributed by atoms with Crippen molar-refractivity contribution >= 4 is 41.2 Å². The van der Waals surface area contributed by atoms with E-state index in [4.69, 9.17) is 52.6 Å². The van der Waals surface area contributed by atoms with E-state index in [2.05, 4.69) is 0 Å². The molecule has 2 heterocycles. The quantitative estimate of drug-likeness (QED) is 0.0719. The Labute approximate surface area is 340 Å². The minimum absolute atomic E-state index is 0.0203. The van der Waals surface area contributed by atoms with Gasteiger partial charge in [0, 0.05) is 24.9 Å². The fourth-order valence-corrected chi connectivity index (χ4v) is 7.19. The average molecular weight is 839 g/mol. The maximum Gasteiger partial charge on any atom is 0.519 e. The Bertz CT molecular complexity index is 1910. The zero-order chi connectivity index (χ0) is 41.7. The van der Waals surface area contributed by atoms with Crippen molar-refractivity contribution in [2.75, 3.05) is 33.0 Å². The number of ether oxygens (including phenoxy) is 5. The van der Waals surface area contributed by atoms with Crippen molar-refractivity contribution in [3.8, 4) is 17.2 Å². The van der Waals surface area contributed by atoms with Gasteiger partial charge in [-0.05, 0) is 89.3 Å². The van der Waals surface area contributed by atoms with E-state index in [0.29, 0.717) is 21.8 Å². The first-order chi connectivity index (χ1) is 26.9. The number of benzene rings is 2. The smallest absolute Gasteiger partial charge is 0.519 e. The highest BCUT2D eigenvalue weighted by Crippen LogP contribution is 2.38. The third-order valence-corrected chi connectivity index (χ3v) is 10.5. The van der Waals surface area contributed by atoms with Gasteiger partial charge in [-0.15, -0.1) is 0 Å². The fraction of sp³-hybridized carbons (Fsp3) is 0.500. The molecule has 2 fully saturated rings. The molecule has 5 rings (SSSR count). The molecule has 0 radical (unpaired) electrons. The lowest BCUT2D eigenvalue weighted by atomic mass is 10.0. The van der Waals surface area contributed by atoms with Crippen LogP contribution in [-0.2, 0) is 20.7 Å². The number of hydrogen-bond donors (Lipinski definition) is 1. The molecular formula is C40H49Cl2F2N4O9+. The number of aromatic nitrogens is 1. The van der Waals surface area contributed by atoms with Gasteiger partial charge >= 0.3 is 18.7 Å². The zero-order valence-electron chi connectivity index (χ0n) is 32.6. The van der Waals surface area contributed by atoms with Crippen molar-refractivity contribution in [3.63, 3.8) is 0 Å². The van der Waals surface area contributed by atoms with Crippen LogP contribution in [0, 0.1) is 11.1 Å². The van der Waals surface area contributed by atoms with Crippen molar-refractivity contribution in [1.82, 2.24) is 4.90 Å². The van der Waals surface area contributed by atoms with Gasteiger partial charge in [0.05, 0.1) is 24.8 Å². The highest BCUT2D eigenvalue weighted by molar-refractivity contribution is 6.35. The predicted octanol–water partition coefficient (Wildman–Crippen LogP) is 7.21. The molecule has 3 aromatic rings. The number of nitrogens with two attached hydrogens (primary N) is 1. The van der Waals surface area contributed by atoms with Crippen molar-refractivity contribution < 1.29 is 56.1 Å². The normalized spacial score (nSPS) is 20.2. The Balaban J connectivity index is 1.42. The second kappa shape index (κ2) is 18.4. The molecule has 57 heavy (non-hydrogen) atoms. The Morgan fingerprint density at radius 2 is 1.74 bits per heavy atom. The van der Waals surface area contributed by atoms with E-state index in [1.807, 2.05) is 13.8 Å². The van der Waals surface area contributed by atoms with Crippen LogP contribution in [0.1, 0.15) is 81.5 Å². The second-order valence-electron chi connectivity index (χ2n) is 15.5. The van der Waals surface area contributed by atoms with Gasteiger partial charge in [-0.2, -0.15) is 22.8 Å². The van der Waals surface area contributed by atoms with E-state index in [-0.39, 0.29) is 95.1 Å². The standard InChI is InChI=1S/C40H49Cl2F2N4O9/c1-24-21-48(39(51)57-40(3,4)5,25(2)18-47(24)36(49)13-14-45)23-54-29-8-6-7-28(15-29)37(50)55-34(17-30-31(41)19-46(52)20-32(30)42)27-11-12-33(56-38(43)44)35(16-27)53-22-26-9-10-26/h6-8,11-12,15-16,19-20,24-26,34,38H,9-10,13-14,17-18,21-23,45H2,1-5H3/q+1/t24-,25+,34?,48+/m0/s1. The van der Waals surface area contributed by atoms with Crippen LogP contribution in [0.3, 0.4) is 0 Å². The molecule has 4 atom stereocenters. The highest BCUT2D eigenvalue weighted by Gasteiger charge is 2.52. The number of carbonyl (C=O) groups excluding carboxylic acids is 3. The van der Waals surface area contributed by atoms with Crippen LogP contribution >= 0.6 is 23.2 Å². The number of piperazine rings is 1. The molecule has 1 aliphatic carbocycles. The summed E-state index contributed by atoms with van der Waals surface area (Å²) in [5.41, 5.74) is 5.60. The second-order valence-corrected chi connectivity index (χ2v) is 16.3. The molecule has 2 aromatic carbocycles. The molecule has 1 unspecified atom stereocenters. The number of pyridine rings is 1. The lowest BCUT2D eigenvalue weighted by Gasteiger charge is -2.48. The van der Waals surface area contributed by atoms with Gasteiger partial charge in [-0.1, -0.05) is 35.3 Å². The summed E-state index contributed by atoms with van der Waals surface area (Å²) in [4.78, 5) is 42.4. The Morgan fingerprint density at radius 3 is 2.37 bits per heavy atom. The van der Waals surface area contributed by atoms with E-state index >= 15 is 0 Å². The molecule has 2 aliphatic rings. The molecule has 0 spiro atoms. The third kappa shape index (κ3) is 11.4. The lowest BCUT2D eigenvalue weighted by Crippen LogP contribution is -2.71. The number of halogens is 4. The predicted molar refractivity (Wildman–Crippen MR) is 206 cm³/mol. The molecule has 13 nitrogen and oxygen atoms in total. The van der Waals surface area contributed by atoms with Gasteiger partial charge in [0.1, 0.15) is 40.1 Å². The highest BCUT2D eigenvalue weighted by atomic mass is 35.5. The van der Waals surface area contributed by atoms with E-state index in [9.17, 15) is 28.4 Å². The van der Waals surface area contributed by atoms with E-state index in [1.165, 1.54) is 30.3 Å². The summed E-state index contributed by atoms with van der Waals surface area (Å²) >= 11 is 12.8. The van der Waals surface area contributed by atoms with Crippen LogP contribution in [0.4, 0.5) is 13.6 Å². The molecule has 1 saturated heterocycles. The molecule has 1 aromatic heterocycles. The molecular weight excluding hydrogens is 789 g/mol. The van der Waals surface area contributed by atoms with Gasteiger partial charge < -0.3 is 39.5 Å². The minimum atomic E-state index is -3.11. The van der Waals surface area contributed by atoms with Crippen LogP contribution in [0.5, 0.6) is 17.2 Å². The molecule has 1 saturated carbocycles. The molecule has 17 heteroatoms. The third-order valence-electron chi connectivity index (χ3n) is 9.82. The van der Waals surface area contributed by atoms with E-state index in [0.717, 1.165) is 25.2 Å².